The Morgan fingerprint density at radius 3 is 2.48 bits per heavy atom. The summed E-state index contributed by atoms with van der Waals surface area (Å²) >= 11 is 0. The number of amides is 2. The molecule has 0 bridgehead atoms. The second kappa shape index (κ2) is 6.60. The van der Waals surface area contributed by atoms with Crippen molar-refractivity contribution < 1.29 is 19.3 Å². The van der Waals surface area contributed by atoms with Crippen molar-refractivity contribution in [2.24, 2.45) is 11.8 Å². The van der Waals surface area contributed by atoms with Gasteiger partial charge in [0.25, 0.3) is 5.69 Å². The molecule has 2 saturated heterocycles. The van der Waals surface area contributed by atoms with Gasteiger partial charge in [-0.15, -0.1) is 0 Å². The first-order chi connectivity index (χ1) is 14.8. The molecule has 0 aromatic heterocycles. The molecule has 2 aromatic carbocycles. The van der Waals surface area contributed by atoms with E-state index in [-0.39, 0.29) is 17.2 Å². The Morgan fingerprint density at radius 1 is 1.06 bits per heavy atom. The van der Waals surface area contributed by atoms with Gasteiger partial charge in [0.1, 0.15) is 0 Å². The molecule has 4 atom stereocenters. The molecule has 8 nitrogen and oxygen atoms in total. The monoisotopic (exact) mass is 417 g/mol. The Labute approximate surface area is 177 Å². The molecule has 3 heterocycles. The molecule has 3 aliphatic heterocycles. The average Bonchev–Trinajstić information content (AvgIpc) is 3.21. The molecule has 8 heteroatoms. The van der Waals surface area contributed by atoms with Crippen LogP contribution in [0.25, 0.3) is 6.08 Å². The van der Waals surface area contributed by atoms with Crippen molar-refractivity contribution in [1.29, 1.82) is 0 Å². The molecule has 0 unspecified atom stereocenters. The zero-order chi connectivity index (χ0) is 22.0. The van der Waals surface area contributed by atoms with Crippen LogP contribution in [0.4, 0.5) is 11.4 Å². The van der Waals surface area contributed by atoms with E-state index >= 15 is 0 Å². The molecule has 2 amide bonds. The number of carbonyl (C=O) groups is 3. The number of ketones is 1. The first-order valence-corrected chi connectivity index (χ1v) is 9.99. The topological polar surface area (TPSA) is 101 Å². The number of aryl methyl sites for hydroxylation is 1. The number of hydrogen-bond acceptors (Lipinski definition) is 6. The van der Waals surface area contributed by atoms with Crippen LogP contribution in [0.5, 0.6) is 0 Å². The van der Waals surface area contributed by atoms with Gasteiger partial charge in [0, 0.05) is 18.3 Å². The second-order valence-electron chi connectivity index (χ2n) is 8.18. The summed E-state index contributed by atoms with van der Waals surface area (Å²) in [6, 6.07) is 10.5. The van der Waals surface area contributed by atoms with E-state index in [1.807, 2.05) is 35.2 Å². The zero-order valence-corrected chi connectivity index (χ0v) is 16.9. The van der Waals surface area contributed by atoms with E-state index in [1.165, 1.54) is 25.1 Å². The van der Waals surface area contributed by atoms with Gasteiger partial charge in [-0.25, -0.2) is 4.90 Å². The number of benzene rings is 2. The Bertz CT molecular complexity index is 1200. The standard InChI is InChI=1S/C23H19N3O5/c1-12-7-8-15(26(30)31)11-17(12)25-22(28)18-19(23(25)29)21-16-6-4-3-5-14(16)9-10-24(21)20(18)13(2)27/h3-11,18-21H,1-2H3/t18-,19-,20-,21-/m1/s1. The smallest absolute Gasteiger partial charge is 0.271 e. The lowest BCUT2D eigenvalue weighted by Crippen LogP contribution is -2.43. The van der Waals surface area contributed by atoms with Gasteiger partial charge < -0.3 is 4.90 Å². The minimum Gasteiger partial charge on any atom is -0.359 e. The van der Waals surface area contributed by atoms with Crippen LogP contribution in [-0.4, -0.2) is 33.5 Å². The van der Waals surface area contributed by atoms with Crippen LogP contribution in [0.3, 0.4) is 0 Å². The molecular weight excluding hydrogens is 398 g/mol. The Hall–Kier alpha value is -3.81. The number of nitrogens with zero attached hydrogens (tertiary/aromatic N) is 3. The largest absolute Gasteiger partial charge is 0.359 e. The zero-order valence-electron chi connectivity index (χ0n) is 16.9. The molecule has 2 fully saturated rings. The van der Waals surface area contributed by atoms with E-state index in [4.69, 9.17) is 0 Å². The number of non-ortho nitro benzene ring substituents is 1. The number of imide groups is 1. The van der Waals surface area contributed by atoms with Gasteiger partial charge in [-0.2, -0.15) is 0 Å². The van der Waals surface area contributed by atoms with Crippen LogP contribution in [0.2, 0.25) is 0 Å². The fraction of sp³-hybridized carbons (Fsp3) is 0.261. The average molecular weight is 417 g/mol. The van der Waals surface area contributed by atoms with Crippen molar-refractivity contribution >= 4 is 35.0 Å². The molecule has 0 N–H and O–H groups in total. The third kappa shape index (κ3) is 2.57. The van der Waals surface area contributed by atoms with Crippen molar-refractivity contribution in [2.45, 2.75) is 25.9 Å². The van der Waals surface area contributed by atoms with E-state index in [0.29, 0.717) is 5.56 Å². The molecule has 0 saturated carbocycles. The van der Waals surface area contributed by atoms with Gasteiger partial charge in [0.05, 0.1) is 34.5 Å². The molecule has 5 rings (SSSR count). The lowest BCUT2D eigenvalue weighted by Gasteiger charge is -2.35. The fourth-order valence-corrected chi connectivity index (χ4v) is 5.21. The van der Waals surface area contributed by atoms with Crippen LogP contribution in [-0.2, 0) is 14.4 Å². The van der Waals surface area contributed by atoms with Crippen LogP contribution < -0.4 is 4.90 Å². The molecular formula is C23H19N3O5. The summed E-state index contributed by atoms with van der Waals surface area (Å²) in [5.41, 5.74) is 2.41. The highest BCUT2D eigenvalue weighted by atomic mass is 16.6. The lowest BCUT2D eigenvalue weighted by atomic mass is 9.84. The quantitative estimate of drug-likeness (QED) is 0.432. The predicted molar refractivity (Wildman–Crippen MR) is 112 cm³/mol. The maximum Gasteiger partial charge on any atom is 0.271 e. The highest BCUT2D eigenvalue weighted by Crippen LogP contribution is 2.53. The number of nitro groups is 1. The number of Topliss-reactive ketones (excluding diaryl/α,β-unsaturated/α-hetero) is 1. The van der Waals surface area contributed by atoms with E-state index in [0.717, 1.165) is 16.0 Å². The number of anilines is 1. The number of rotatable bonds is 3. The van der Waals surface area contributed by atoms with E-state index in [1.54, 1.807) is 13.1 Å². The predicted octanol–water partition coefficient (Wildman–Crippen LogP) is 3.01. The maximum absolute atomic E-state index is 13.6. The van der Waals surface area contributed by atoms with Crippen molar-refractivity contribution in [3.8, 4) is 0 Å². The van der Waals surface area contributed by atoms with Gasteiger partial charge in [0.2, 0.25) is 11.8 Å². The van der Waals surface area contributed by atoms with Crippen LogP contribution >= 0.6 is 0 Å². The summed E-state index contributed by atoms with van der Waals surface area (Å²) in [5, 5.41) is 11.3. The summed E-state index contributed by atoms with van der Waals surface area (Å²) in [6.45, 7) is 3.12. The first-order valence-electron chi connectivity index (χ1n) is 9.99. The molecule has 0 spiro atoms. The molecule has 31 heavy (non-hydrogen) atoms. The fourth-order valence-electron chi connectivity index (χ4n) is 5.21. The Balaban J connectivity index is 1.66. The van der Waals surface area contributed by atoms with Crippen molar-refractivity contribution in [2.75, 3.05) is 4.90 Å². The third-order valence-corrected chi connectivity index (χ3v) is 6.52. The van der Waals surface area contributed by atoms with Crippen molar-refractivity contribution in [3.05, 3.63) is 75.5 Å². The lowest BCUT2D eigenvalue weighted by molar-refractivity contribution is -0.384. The highest BCUT2D eigenvalue weighted by Gasteiger charge is 2.64. The van der Waals surface area contributed by atoms with Gasteiger partial charge in [-0.3, -0.25) is 24.5 Å². The molecule has 156 valence electrons. The maximum atomic E-state index is 13.6. The van der Waals surface area contributed by atoms with E-state index in [2.05, 4.69) is 0 Å². The molecule has 2 aromatic rings. The normalized spacial score (nSPS) is 26.0. The molecule has 3 aliphatic rings. The van der Waals surface area contributed by atoms with Crippen molar-refractivity contribution in [1.82, 2.24) is 4.90 Å². The number of hydrogen-bond donors (Lipinski definition) is 0. The van der Waals surface area contributed by atoms with Gasteiger partial charge in [-0.05, 0) is 36.6 Å². The summed E-state index contributed by atoms with van der Waals surface area (Å²) in [5.74, 6) is -2.70. The molecule has 0 aliphatic carbocycles. The number of nitro benzene ring substituents is 1. The van der Waals surface area contributed by atoms with E-state index in [9.17, 15) is 24.5 Å². The van der Waals surface area contributed by atoms with Crippen molar-refractivity contribution in [3.63, 3.8) is 0 Å². The number of carbonyl (C=O) groups excluding carboxylic acids is 3. The second-order valence-corrected chi connectivity index (χ2v) is 8.18. The van der Waals surface area contributed by atoms with Gasteiger partial charge in [-0.1, -0.05) is 30.3 Å². The van der Waals surface area contributed by atoms with Gasteiger partial charge in [0.15, 0.2) is 5.78 Å². The Morgan fingerprint density at radius 2 is 1.77 bits per heavy atom. The summed E-state index contributed by atoms with van der Waals surface area (Å²) < 4.78 is 0. The minimum absolute atomic E-state index is 0.194. The van der Waals surface area contributed by atoms with Crippen LogP contribution in [0.15, 0.2) is 48.7 Å². The summed E-state index contributed by atoms with van der Waals surface area (Å²) in [7, 11) is 0. The first kappa shape index (κ1) is 19.2. The number of fused-ring (bicyclic) bond motifs is 5. The summed E-state index contributed by atoms with van der Waals surface area (Å²) in [6.07, 6.45) is 3.68. The molecule has 0 radical (unpaired) electrons. The van der Waals surface area contributed by atoms with Crippen LogP contribution in [0.1, 0.15) is 29.7 Å². The summed E-state index contributed by atoms with van der Waals surface area (Å²) in [4.78, 5) is 53.4. The third-order valence-electron chi connectivity index (χ3n) is 6.52. The highest BCUT2D eigenvalue weighted by molar-refractivity contribution is 6.24. The minimum atomic E-state index is -0.843. The SMILES string of the molecule is CC(=O)[C@@H]1[C@@H]2C(=O)N(c3cc([N+](=O)[O-])ccc3C)C(=O)[C@H]2[C@H]2c3ccccc3C=CN12. The van der Waals surface area contributed by atoms with Crippen LogP contribution in [0, 0.1) is 28.9 Å². The Kier molecular flexibility index (Phi) is 4.08. The van der Waals surface area contributed by atoms with Gasteiger partial charge >= 0.3 is 0 Å². The van der Waals surface area contributed by atoms with E-state index < -0.39 is 40.7 Å².